The van der Waals surface area contributed by atoms with Gasteiger partial charge in [0.25, 0.3) is 0 Å². The van der Waals surface area contributed by atoms with E-state index in [-0.39, 0.29) is 11.6 Å². The first kappa shape index (κ1) is 13.1. The van der Waals surface area contributed by atoms with Gasteiger partial charge in [-0.2, -0.15) is 0 Å². The first-order chi connectivity index (χ1) is 9.33. The van der Waals surface area contributed by atoms with E-state index in [9.17, 15) is 0 Å². The second-order valence-corrected chi connectivity index (χ2v) is 6.12. The summed E-state index contributed by atoms with van der Waals surface area (Å²) < 4.78 is 0. The minimum atomic E-state index is 0.113. The van der Waals surface area contributed by atoms with Crippen molar-refractivity contribution in [2.24, 2.45) is 5.73 Å². The molecule has 1 aliphatic heterocycles. The average Bonchev–Trinajstić information content (AvgIpc) is 2.99. The van der Waals surface area contributed by atoms with E-state index in [0.717, 1.165) is 0 Å². The Morgan fingerprint density at radius 2 is 1.84 bits per heavy atom. The van der Waals surface area contributed by atoms with Gasteiger partial charge in [-0.15, -0.1) is 0 Å². The zero-order valence-electron chi connectivity index (χ0n) is 11.7. The highest BCUT2D eigenvalue weighted by atomic mass is 15.2. The van der Waals surface area contributed by atoms with Crippen LogP contribution in [0, 0.1) is 0 Å². The molecule has 104 valence electrons. The number of aromatic nitrogens is 1. The van der Waals surface area contributed by atoms with E-state index in [1.165, 1.54) is 63.6 Å². The van der Waals surface area contributed by atoms with Gasteiger partial charge >= 0.3 is 0 Å². The smallest absolute Gasteiger partial charge is 0.0497 e. The SMILES string of the molecule is NC(c1cccnc1)C1(N2CCCCC2)CCCC1. The lowest BCUT2D eigenvalue weighted by atomic mass is 9.82. The molecule has 0 aromatic carbocycles. The summed E-state index contributed by atoms with van der Waals surface area (Å²) in [5, 5.41) is 0. The van der Waals surface area contributed by atoms with Crippen LogP contribution in [0.1, 0.15) is 56.6 Å². The standard InChI is InChI=1S/C16H25N3/c17-15(14-7-6-10-18-13-14)16(8-2-3-9-16)19-11-4-1-5-12-19/h6-7,10,13,15H,1-5,8-9,11-12,17H2. The summed E-state index contributed by atoms with van der Waals surface area (Å²) in [6.07, 6.45) is 13.0. The molecule has 2 heterocycles. The molecule has 0 amide bonds. The molecule has 0 bridgehead atoms. The Bertz CT molecular complexity index is 392. The van der Waals surface area contributed by atoms with Crippen molar-refractivity contribution in [1.29, 1.82) is 0 Å². The molecule has 2 aliphatic rings. The molecule has 19 heavy (non-hydrogen) atoms. The molecular weight excluding hydrogens is 234 g/mol. The monoisotopic (exact) mass is 259 g/mol. The van der Waals surface area contributed by atoms with Crippen molar-refractivity contribution in [3.8, 4) is 0 Å². The Kier molecular flexibility index (Phi) is 3.85. The van der Waals surface area contributed by atoms with Crippen LogP contribution in [0.25, 0.3) is 0 Å². The predicted molar refractivity (Wildman–Crippen MR) is 77.8 cm³/mol. The zero-order valence-corrected chi connectivity index (χ0v) is 11.7. The first-order valence-electron chi connectivity index (χ1n) is 7.73. The molecule has 2 fully saturated rings. The van der Waals surface area contributed by atoms with Crippen molar-refractivity contribution in [3.63, 3.8) is 0 Å². The van der Waals surface area contributed by atoms with E-state index in [2.05, 4.69) is 16.0 Å². The lowest BCUT2D eigenvalue weighted by Gasteiger charge is -2.47. The number of piperidine rings is 1. The molecule has 1 aromatic rings. The van der Waals surface area contributed by atoms with Crippen molar-refractivity contribution >= 4 is 0 Å². The van der Waals surface area contributed by atoms with Crippen molar-refractivity contribution in [1.82, 2.24) is 9.88 Å². The third kappa shape index (κ3) is 2.41. The Labute approximate surface area is 116 Å². The van der Waals surface area contributed by atoms with Crippen LogP contribution in [-0.2, 0) is 0 Å². The normalized spacial score (nSPS) is 25.3. The number of rotatable bonds is 3. The van der Waals surface area contributed by atoms with Crippen molar-refractivity contribution in [3.05, 3.63) is 30.1 Å². The summed E-state index contributed by atoms with van der Waals surface area (Å²) >= 11 is 0. The van der Waals surface area contributed by atoms with Gasteiger partial charge in [-0.3, -0.25) is 9.88 Å². The van der Waals surface area contributed by atoms with Gasteiger partial charge in [0.1, 0.15) is 0 Å². The summed E-state index contributed by atoms with van der Waals surface area (Å²) in [6.45, 7) is 2.46. The van der Waals surface area contributed by atoms with E-state index >= 15 is 0 Å². The topological polar surface area (TPSA) is 42.1 Å². The van der Waals surface area contributed by atoms with Crippen LogP contribution >= 0.6 is 0 Å². The molecule has 1 unspecified atom stereocenters. The fourth-order valence-corrected chi connectivity index (χ4v) is 4.02. The summed E-state index contributed by atoms with van der Waals surface area (Å²) in [7, 11) is 0. The highest BCUT2D eigenvalue weighted by Crippen LogP contribution is 2.44. The van der Waals surface area contributed by atoms with Crippen LogP contribution in [-0.4, -0.2) is 28.5 Å². The van der Waals surface area contributed by atoms with Gasteiger partial charge in [-0.1, -0.05) is 25.3 Å². The zero-order chi connectivity index (χ0) is 13.1. The molecule has 3 rings (SSSR count). The maximum atomic E-state index is 6.68. The van der Waals surface area contributed by atoms with Crippen LogP contribution in [0.15, 0.2) is 24.5 Å². The molecule has 0 radical (unpaired) electrons. The van der Waals surface area contributed by atoms with Gasteiger partial charge in [0.15, 0.2) is 0 Å². The van der Waals surface area contributed by atoms with Gasteiger partial charge in [0, 0.05) is 24.0 Å². The highest BCUT2D eigenvalue weighted by molar-refractivity contribution is 5.20. The Hall–Kier alpha value is -0.930. The number of hydrogen-bond acceptors (Lipinski definition) is 3. The molecule has 3 nitrogen and oxygen atoms in total. The third-order valence-electron chi connectivity index (χ3n) is 5.08. The maximum Gasteiger partial charge on any atom is 0.0497 e. The van der Waals surface area contributed by atoms with Crippen LogP contribution in [0.4, 0.5) is 0 Å². The number of nitrogens with zero attached hydrogens (tertiary/aromatic N) is 2. The summed E-state index contributed by atoms with van der Waals surface area (Å²) in [6, 6.07) is 4.26. The minimum absolute atomic E-state index is 0.113. The van der Waals surface area contributed by atoms with Gasteiger partial charge < -0.3 is 5.73 Å². The van der Waals surface area contributed by atoms with E-state index in [0.29, 0.717) is 0 Å². The highest BCUT2D eigenvalue weighted by Gasteiger charge is 2.45. The van der Waals surface area contributed by atoms with Crippen LogP contribution in [0.5, 0.6) is 0 Å². The van der Waals surface area contributed by atoms with Gasteiger partial charge in [0.2, 0.25) is 0 Å². The maximum absolute atomic E-state index is 6.68. The van der Waals surface area contributed by atoms with E-state index < -0.39 is 0 Å². The quantitative estimate of drug-likeness (QED) is 0.907. The molecular formula is C16H25N3. The summed E-state index contributed by atoms with van der Waals surface area (Å²) in [4.78, 5) is 6.95. The fourth-order valence-electron chi connectivity index (χ4n) is 4.02. The lowest BCUT2D eigenvalue weighted by Crippen LogP contribution is -2.55. The second-order valence-electron chi connectivity index (χ2n) is 6.12. The largest absolute Gasteiger partial charge is 0.322 e. The molecule has 1 saturated carbocycles. The van der Waals surface area contributed by atoms with E-state index in [4.69, 9.17) is 5.73 Å². The number of nitrogens with two attached hydrogens (primary N) is 1. The van der Waals surface area contributed by atoms with Gasteiger partial charge in [-0.25, -0.2) is 0 Å². The number of likely N-dealkylation sites (tertiary alicyclic amines) is 1. The molecule has 1 aliphatic carbocycles. The molecule has 3 heteroatoms. The Balaban J connectivity index is 1.87. The summed E-state index contributed by atoms with van der Waals surface area (Å²) in [5.41, 5.74) is 8.09. The van der Waals surface area contributed by atoms with Crippen molar-refractivity contribution in [2.75, 3.05) is 13.1 Å². The first-order valence-corrected chi connectivity index (χ1v) is 7.73. The molecule has 0 spiro atoms. The summed E-state index contributed by atoms with van der Waals surface area (Å²) in [5.74, 6) is 0. The molecule has 2 N–H and O–H groups in total. The fraction of sp³-hybridized carbons (Fsp3) is 0.688. The van der Waals surface area contributed by atoms with E-state index in [1.54, 1.807) is 0 Å². The molecule has 1 atom stereocenters. The van der Waals surface area contributed by atoms with Gasteiger partial charge in [0.05, 0.1) is 0 Å². The van der Waals surface area contributed by atoms with Crippen molar-refractivity contribution in [2.45, 2.75) is 56.5 Å². The lowest BCUT2D eigenvalue weighted by molar-refractivity contribution is 0.0477. The van der Waals surface area contributed by atoms with Gasteiger partial charge in [-0.05, 0) is 50.4 Å². The van der Waals surface area contributed by atoms with Crippen molar-refractivity contribution < 1.29 is 0 Å². The van der Waals surface area contributed by atoms with Crippen LogP contribution < -0.4 is 5.73 Å². The number of pyridine rings is 1. The van der Waals surface area contributed by atoms with E-state index in [1.807, 2.05) is 18.5 Å². The minimum Gasteiger partial charge on any atom is -0.322 e. The van der Waals surface area contributed by atoms with Crippen LogP contribution in [0.3, 0.4) is 0 Å². The molecule has 1 saturated heterocycles. The Morgan fingerprint density at radius 3 is 2.47 bits per heavy atom. The van der Waals surface area contributed by atoms with Crippen LogP contribution in [0.2, 0.25) is 0 Å². The predicted octanol–water partition coefficient (Wildman–Crippen LogP) is 2.88. The average molecular weight is 259 g/mol. The molecule has 1 aromatic heterocycles. The second kappa shape index (κ2) is 5.59. The Morgan fingerprint density at radius 1 is 1.11 bits per heavy atom. The third-order valence-corrected chi connectivity index (χ3v) is 5.08. The number of hydrogen-bond donors (Lipinski definition) is 1.